The Labute approximate surface area is 148 Å². The van der Waals surface area contributed by atoms with Gasteiger partial charge in [-0.1, -0.05) is 24.1 Å². The third-order valence-electron chi connectivity index (χ3n) is 6.07. The fraction of sp³-hybridized carbons (Fsp3) is 0.632. The van der Waals surface area contributed by atoms with Crippen LogP contribution < -0.4 is 0 Å². The molecule has 1 aromatic carbocycles. The van der Waals surface area contributed by atoms with E-state index in [1.165, 1.54) is 32.1 Å². The number of rotatable bonds is 3. The van der Waals surface area contributed by atoms with E-state index in [2.05, 4.69) is 11.0 Å². The highest BCUT2D eigenvalue weighted by molar-refractivity contribution is 6.35. The summed E-state index contributed by atoms with van der Waals surface area (Å²) in [7, 11) is 3.88. The van der Waals surface area contributed by atoms with E-state index in [9.17, 15) is 0 Å². The molecular weight excluding hydrogens is 322 g/mol. The third-order valence-corrected chi connectivity index (χ3v) is 6.38. The van der Waals surface area contributed by atoms with Gasteiger partial charge in [-0.3, -0.25) is 9.58 Å². The Morgan fingerprint density at radius 2 is 2.17 bits per heavy atom. The summed E-state index contributed by atoms with van der Waals surface area (Å²) in [5.74, 6) is 0. The van der Waals surface area contributed by atoms with E-state index >= 15 is 0 Å². The molecule has 0 N–H and O–H groups in total. The number of fused-ring (bicyclic) bond motifs is 1. The summed E-state index contributed by atoms with van der Waals surface area (Å²) >= 11 is 6.47. The minimum absolute atomic E-state index is 0.349. The molecule has 2 atom stereocenters. The molecule has 2 aromatic rings. The Morgan fingerprint density at radius 1 is 1.33 bits per heavy atom. The largest absolute Gasteiger partial charge is 0.381 e. The van der Waals surface area contributed by atoms with Gasteiger partial charge in [0.2, 0.25) is 0 Å². The number of aryl methyl sites for hydroxylation is 1. The lowest BCUT2D eigenvalue weighted by atomic mass is 9.76. The highest BCUT2D eigenvalue weighted by Crippen LogP contribution is 2.46. The Hall–Kier alpha value is -1.10. The van der Waals surface area contributed by atoms with Crippen molar-refractivity contribution in [3.63, 3.8) is 0 Å². The number of halogens is 1. The molecule has 1 saturated heterocycles. The molecular formula is C19H26ClN3O. The maximum atomic E-state index is 6.47. The predicted octanol–water partition coefficient (Wildman–Crippen LogP) is 4.01. The van der Waals surface area contributed by atoms with Crippen LogP contribution in [-0.4, -0.2) is 41.0 Å². The van der Waals surface area contributed by atoms with E-state index < -0.39 is 0 Å². The summed E-state index contributed by atoms with van der Waals surface area (Å²) in [6, 6.07) is 6.05. The Kier molecular flexibility index (Phi) is 4.31. The zero-order valence-electron chi connectivity index (χ0n) is 14.6. The lowest BCUT2D eigenvalue weighted by molar-refractivity contribution is -0.0368. The Balaban J connectivity index is 1.60. The molecule has 2 fully saturated rings. The number of hydrogen-bond donors (Lipinski definition) is 0. The van der Waals surface area contributed by atoms with Gasteiger partial charge >= 0.3 is 0 Å². The summed E-state index contributed by atoms with van der Waals surface area (Å²) in [6.45, 7) is 3.13. The highest BCUT2D eigenvalue weighted by Gasteiger charge is 2.45. The number of nitrogens with zero attached hydrogens (tertiary/aromatic N) is 3. The summed E-state index contributed by atoms with van der Waals surface area (Å²) in [6.07, 6.45) is 6.77. The van der Waals surface area contributed by atoms with Gasteiger partial charge in [-0.15, -0.1) is 0 Å². The minimum Gasteiger partial charge on any atom is -0.381 e. The predicted molar refractivity (Wildman–Crippen MR) is 97.3 cm³/mol. The van der Waals surface area contributed by atoms with E-state index in [1.807, 2.05) is 31.0 Å². The van der Waals surface area contributed by atoms with Gasteiger partial charge in [-0.05, 0) is 44.4 Å². The van der Waals surface area contributed by atoms with E-state index in [0.717, 1.165) is 41.3 Å². The molecule has 0 amide bonds. The fourth-order valence-electron chi connectivity index (χ4n) is 5.01. The summed E-state index contributed by atoms with van der Waals surface area (Å²) in [5, 5.41) is 6.67. The molecule has 1 aliphatic heterocycles. The van der Waals surface area contributed by atoms with E-state index in [0.29, 0.717) is 11.5 Å². The van der Waals surface area contributed by atoms with Crippen LogP contribution in [0.4, 0.5) is 0 Å². The average Bonchev–Trinajstić information content (AvgIpc) is 3.10. The van der Waals surface area contributed by atoms with Gasteiger partial charge in [0.15, 0.2) is 0 Å². The normalized spacial score (nSPS) is 28.2. The number of likely N-dealkylation sites (tertiary alicyclic amines) is 1. The van der Waals surface area contributed by atoms with Gasteiger partial charge in [0.1, 0.15) is 0 Å². The van der Waals surface area contributed by atoms with E-state index in [1.54, 1.807) is 0 Å². The molecule has 0 bridgehead atoms. The first-order valence-electron chi connectivity index (χ1n) is 8.98. The monoisotopic (exact) mass is 347 g/mol. The quantitative estimate of drug-likeness (QED) is 0.840. The summed E-state index contributed by atoms with van der Waals surface area (Å²) < 4.78 is 7.78. The van der Waals surface area contributed by atoms with Crippen LogP contribution in [-0.2, 0) is 18.3 Å². The highest BCUT2D eigenvalue weighted by atomic mass is 35.5. The van der Waals surface area contributed by atoms with Gasteiger partial charge < -0.3 is 4.74 Å². The number of methoxy groups -OCH3 is 1. The van der Waals surface area contributed by atoms with Crippen LogP contribution >= 0.6 is 11.6 Å². The fourth-order valence-corrected chi connectivity index (χ4v) is 5.29. The second-order valence-corrected chi connectivity index (χ2v) is 7.90. The van der Waals surface area contributed by atoms with Crippen LogP contribution in [0.1, 0.15) is 37.8 Å². The smallest absolute Gasteiger partial charge is 0.0858 e. The molecule has 1 saturated carbocycles. The van der Waals surface area contributed by atoms with Gasteiger partial charge in [0.25, 0.3) is 0 Å². The topological polar surface area (TPSA) is 30.3 Å². The first-order valence-corrected chi connectivity index (χ1v) is 9.36. The van der Waals surface area contributed by atoms with Crippen molar-refractivity contribution in [3.8, 4) is 0 Å². The van der Waals surface area contributed by atoms with Gasteiger partial charge in [-0.2, -0.15) is 5.10 Å². The van der Waals surface area contributed by atoms with Crippen LogP contribution in [0.5, 0.6) is 0 Å². The second-order valence-electron chi connectivity index (χ2n) is 7.50. The molecule has 4 nitrogen and oxygen atoms in total. The second kappa shape index (κ2) is 6.32. The molecule has 0 radical (unpaired) electrons. The first kappa shape index (κ1) is 16.4. The molecule has 1 aromatic heterocycles. The van der Waals surface area contributed by atoms with Crippen molar-refractivity contribution in [2.75, 3.05) is 20.2 Å². The molecule has 1 spiro atoms. The maximum absolute atomic E-state index is 6.47. The van der Waals surface area contributed by atoms with Crippen LogP contribution in [0.3, 0.4) is 0 Å². The molecule has 24 heavy (non-hydrogen) atoms. The van der Waals surface area contributed by atoms with Crippen LogP contribution in [0.15, 0.2) is 18.2 Å². The minimum atomic E-state index is 0.349. The van der Waals surface area contributed by atoms with Gasteiger partial charge in [0, 0.05) is 38.0 Å². The zero-order valence-corrected chi connectivity index (χ0v) is 15.4. The molecule has 2 aliphatic rings. The summed E-state index contributed by atoms with van der Waals surface area (Å²) in [4.78, 5) is 2.56. The van der Waals surface area contributed by atoms with Crippen molar-refractivity contribution in [2.24, 2.45) is 12.5 Å². The van der Waals surface area contributed by atoms with E-state index in [-0.39, 0.29) is 0 Å². The third kappa shape index (κ3) is 2.65. The van der Waals surface area contributed by atoms with Crippen molar-refractivity contribution in [1.82, 2.24) is 14.7 Å². The Morgan fingerprint density at radius 3 is 3.00 bits per heavy atom. The van der Waals surface area contributed by atoms with Gasteiger partial charge in [-0.25, -0.2) is 0 Å². The van der Waals surface area contributed by atoms with Gasteiger partial charge in [0.05, 0.1) is 22.3 Å². The maximum Gasteiger partial charge on any atom is 0.0858 e. The molecule has 1 aliphatic carbocycles. The van der Waals surface area contributed by atoms with Crippen molar-refractivity contribution >= 4 is 22.5 Å². The molecule has 0 unspecified atom stereocenters. The van der Waals surface area contributed by atoms with Crippen molar-refractivity contribution in [2.45, 2.75) is 44.8 Å². The molecule has 4 rings (SSSR count). The van der Waals surface area contributed by atoms with Crippen molar-refractivity contribution < 1.29 is 4.74 Å². The van der Waals surface area contributed by atoms with E-state index in [4.69, 9.17) is 21.4 Å². The molecule has 130 valence electrons. The van der Waals surface area contributed by atoms with Crippen molar-refractivity contribution in [3.05, 3.63) is 28.9 Å². The van der Waals surface area contributed by atoms with Crippen LogP contribution in [0, 0.1) is 5.41 Å². The average molecular weight is 348 g/mol. The molecule has 5 heteroatoms. The van der Waals surface area contributed by atoms with Crippen LogP contribution in [0.25, 0.3) is 10.9 Å². The summed E-state index contributed by atoms with van der Waals surface area (Å²) in [5.41, 5.74) is 2.56. The number of piperidine rings is 1. The SMILES string of the molecule is CO[C@@H]1CCC[C@@]12CCCN(Cc1nn(C)c3cccc(Cl)c13)C2. The standard InChI is InChI=1S/C19H26ClN3O/c1-22-16-7-3-6-14(20)18(16)15(21-22)12-23-11-5-10-19(13-23)9-4-8-17(19)24-2/h3,6-7,17H,4-5,8-13H2,1-2H3/t17-,19+/m1/s1. The first-order chi connectivity index (χ1) is 11.6. The number of ether oxygens (including phenoxy) is 1. The number of hydrogen-bond acceptors (Lipinski definition) is 3. The molecule has 2 heterocycles. The number of aromatic nitrogens is 2. The van der Waals surface area contributed by atoms with Crippen molar-refractivity contribution in [1.29, 1.82) is 0 Å². The lowest BCUT2D eigenvalue weighted by Crippen LogP contribution is -2.47. The Bertz CT molecular complexity index is 744. The number of benzene rings is 1. The lowest BCUT2D eigenvalue weighted by Gasteiger charge is -2.43. The van der Waals surface area contributed by atoms with Crippen LogP contribution in [0.2, 0.25) is 5.02 Å². The zero-order chi connectivity index (χ0) is 16.7.